The number of thiophene rings is 1. The van der Waals surface area contributed by atoms with Crippen molar-refractivity contribution in [3.63, 3.8) is 0 Å². The van der Waals surface area contributed by atoms with Crippen molar-refractivity contribution in [1.29, 1.82) is 0 Å². The molecule has 0 saturated carbocycles. The topological polar surface area (TPSA) is 45.8 Å². The van der Waals surface area contributed by atoms with Gasteiger partial charge < -0.3 is 4.98 Å². The van der Waals surface area contributed by atoms with Crippen LogP contribution < -0.4 is 5.56 Å². The van der Waals surface area contributed by atoms with Gasteiger partial charge in [0.05, 0.1) is 4.88 Å². The molecule has 3 aromatic rings. The third-order valence-electron chi connectivity index (χ3n) is 3.05. The fraction of sp³-hybridized carbons (Fsp3) is 0.125. The van der Waals surface area contributed by atoms with Gasteiger partial charge in [-0.3, -0.25) is 4.79 Å². The van der Waals surface area contributed by atoms with Crippen molar-refractivity contribution in [2.45, 2.75) is 17.8 Å². The van der Waals surface area contributed by atoms with Crippen LogP contribution in [0.5, 0.6) is 0 Å². The fourth-order valence-corrected chi connectivity index (χ4v) is 4.09. The number of nitrogens with zero attached hydrogens (tertiary/aromatic N) is 1. The van der Waals surface area contributed by atoms with Crippen molar-refractivity contribution in [2.75, 3.05) is 0 Å². The molecule has 0 radical (unpaired) electrons. The van der Waals surface area contributed by atoms with Crippen molar-refractivity contribution in [3.05, 3.63) is 67.7 Å². The molecule has 0 spiro atoms. The van der Waals surface area contributed by atoms with Crippen LogP contribution >= 0.6 is 39.0 Å². The summed E-state index contributed by atoms with van der Waals surface area (Å²) in [6, 6.07) is 12.3. The number of hydrogen-bond donors (Lipinski definition) is 1. The number of aryl methyl sites for hydroxylation is 1. The average Bonchev–Trinajstić information content (AvgIpc) is 3.02. The second-order valence-corrected chi connectivity index (χ2v) is 7.49. The van der Waals surface area contributed by atoms with Gasteiger partial charge in [-0.15, -0.1) is 11.3 Å². The number of rotatable bonds is 4. The standard InChI is InChI=1S/C16H13BrN2OS2/c1-10-4-2-5-11(8-10)9-22-16-18-14(12-6-3-7-21-12)13(17)15(20)19-16/h2-8H,9H2,1H3,(H,18,19,20). The minimum Gasteiger partial charge on any atom is -0.300 e. The molecular weight excluding hydrogens is 380 g/mol. The minimum atomic E-state index is -0.148. The van der Waals surface area contributed by atoms with E-state index in [0.29, 0.717) is 15.3 Å². The van der Waals surface area contributed by atoms with E-state index in [0.717, 1.165) is 10.6 Å². The molecule has 1 aromatic carbocycles. The molecule has 112 valence electrons. The van der Waals surface area contributed by atoms with Gasteiger partial charge in [-0.2, -0.15) is 0 Å². The van der Waals surface area contributed by atoms with Crippen molar-refractivity contribution in [1.82, 2.24) is 9.97 Å². The normalized spacial score (nSPS) is 10.8. The zero-order valence-electron chi connectivity index (χ0n) is 11.8. The second-order valence-electron chi connectivity index (χ2n) is 4.79. The first-order valence-electron chi connectivity index (χ1n) is 6.65. The number of thioether (sulfide) groups is 1. The fourth-order valence-electron chi connectivity index (χ4n) is 2.04. The van der Waals surface area contributed by atoms with Crippen LogP contribution in [0.25, 0.3) is 10.6 Å². The number of nitrogens with one attached hydrogen (secondary N) is 1. The maximum atomic E-state index is 12.1. The predicted molar refractivity (Wildman–Crippen MR) is 96.6 cm³/mol. The van der Waals surface area contributed by atoms with Crippen molar-refractivity contribution >= 4 is 39.0 Å². The highest BCUT2D eigenvalue weighted by atomic mass is 79.9. The molecule has 0 fully saturated rings. The van der Waals surface area contributed by atoms with Crippen LogP contribution in [0.3, 0.4) is 0 Å². The van der Waals surface area contributed by atoms with Gasteiger partial charge in [0, 0.05) is 5.75 Å². The van der Waals surface area contributed by atoms with Crippen LogP contribution in [0.1, 0.15) is 11.1 Å². The molecule has 2 aromatic heterocycles. The van der Waals surface area contributed by atoms with E-state index in [1.807, 2.05) is 23.6 Å². The summed E-state index contributed by atoms with van der Waals surface area (Å²) in [6.07, 6.45) is 0. The van der Waals surface area contributed by atoms with Gasteiger partial charge in [0.15, 0.2) is 5.16 Å². The van der Waals surface area contributed by atoms with Gasteiger partial charge >= 0.3 is 0 Å². The lowest BCUT2D eigenvalue weighted by Crippen LogP contribution is -2.11. The third kappa shape index (κ3) is 3.51. The molecule has 0 saturated heterocycles. The molecule has 0 unspecified atom stereocenters. The maximum absolute atomic E-state index is 12.1. The van der Waals surface area contributed by atoms with Crippen molar-refractivity contribution in [3.8, 4) is 10.6 Å². The number of aromatic nitrogens is 2. The summed E-state index contributed by atoms with van der Waals surface area (Å²) in [7, 11) is 0. The SMILES string of the molecule is Cc1cccc(CSc2nc(-c3cccs3)c(Br)c(=O)[nH]2)c1. The Morgan fingerprint density at radius 2 is 2.18 bits per heavy atom. The predicted octanol–water partition coefficient (Wildman–Crippen LogP) is 4.86. The number of halogens is 1. The quantitative estimate of drug-likeness (QED) is 0.509. The van der Waals surface area contributed by atoms with E-state index in [1.54, 1.807) is 11.3 Å². The average molecular weight is 393 g/mol. The molecule has 1 N–H and O–H groups in total. The van der Waals surface area contributed by atoms with E-state index in [1.165, 1.54) is 22.9 Å². The maximum Gasteiger partial charge on any atom is 0.266 e. The number of aromatic amines is 1. The molecule has 0 bridgehead atoms. The highest BCUT2D eigenvalue weighted by molar-refractivity contribution is 9.10. The largest absolute Gasteiger partial charge is 0.300 e. The van der Waals surface area contributed by atoms with E-state index >= 15 is 0 Å². The van der Waals surface area contributed by atoms with Crippen LogP contribution in [-0.2, 0) is 5.75 Å². The van der Waals surface area contributed by atoms with E-state index in [9.17, 15) is 4.79 Å². The summed E-state index contributed by atoms with van der Waals surface area (Å²) < 4.78 is 0.481. The first-order chi connectivity index (χ1) is 10.6. The molecule has 0 atom stereocenters. The lowest BCUT2D eigenvalue weighted by atomic mass is 10.2. The Morgan fingerprint density at radius 1 is 1.32 bits per heavy atom. The molecule has 2 heterocycles. The Hall–Kier alpha value is -1.37. The molecule has 0 amide bonds. The first-order valence-corrected chi connectivity index (χ1v) is 9.31. The second kappa shape index (κ2) is 6.81. The minimum absolute atomic E-state index is 0.148. The lowest BCUT2D eigenvalue weighted by molar-refractivity contribution is 0.934. The summed E-state index contributed by atoms with van der Waals surface area (Å²) in [5.74, 6) is 0.774. The van der Waals surface area contributed by atoms with E-state index in [4.69, 9.17) is 0 Å². The van der Waals surface area contributed by atoms with Crippen molar-refractivity contribution in [2.24, 2.45) is 0 Å². The highest BCUT2D eigenvalue weighted by Crippen LogP contribution is 2.29. The van der Waals surface area contributed by atoms with Gasteiger partial charge in [-0.25, -0.2) is 4.98 Å². The van der Waals surface area contributed by atoms with Gasteiger partial charge in [-0.1, -0.05) is 47.7 Å². The van der Waals surface area contributed by atoms with E-state index in [-0.39, 0.29) is 5.56 Å². The Morgan fingerprint density at radius 3 is 2.91 bits per heavy atom. The monoisotopic (exact) mass is 392 g/mol. The zero-order valence-corrected chi connectivity index (χ0v) is 15.0. The first kappa shape index (κ1) is 15.5. The number of H-pyrrole nitrogens is 1. The molecule has 22 heavy (non-hydrogen) atoms. The van der Waals surface area contributed by atoms with Gasteiger partial charge in [0.2, 0.25) is 0 Å². The summed E-state index contributed by atoms with van der Waals surface area (Å²) in [5, 5.41) is 2.61. The summed E-state index contributed by atoms with van der Waals surface area (Å²) in [5.41, 5.74) is 3.00. The highest BCUT2D eigenvalue weighted by Gasteiger charge is 2.12. The number of hydrogen-bond acceptors (Lipinski definition) is 4. The van der Waals surface area contributed by atoms with Gasteiger partial charge in [0.1, 0.15) is 10.2 Å². The Bertz CT molecular complexity index is 844. The molecule has 3 rings (SSSR count). The van der Waals surface area contributed by atoms with Crippen LogP contribution in [0.4, 0.5) is 0 Å². The summed E-state index contributed by atoms with van der Waals surface area (Å²) in [4.78, 5) is 20.5. The van der Waals surface area contributed by atoms with E-state index < -0.39 is 0 Å². The van der Waals surface area contributed by atoms with Crippen molar-refractivity contribution < 1.29 is 0 Å². The Balaban J connectivity index is 1.87. The molecule has 0 aliphatic carbocycles. The molecule has 6 heteroatoms. The molecule has 0 aliphatic heterocycles. The molecule has 0 aliphatic rings. The Labute approximate surface area is 145 Å². The molecule has 3 nitrogen and oxygen atoms in total. The van der Waals surface area contributed by atoms with Gasteiger partial charge in [-0.05, 0) is 39.9 Å². The Kier molecular flexibility index (Phi) is 4.81. The van der Waals surface area contributed by atoms with Crippen LogP contribution in [0.15, 0.2) is 56.2 Å². The number of benzene rings is 1. The van der Waals surface area contributed by atoms with E-state index in [2.05, 4.69) is 51.0 Å². The lowest BCUT2D eigenvalue weighted by Gasteiger charge is -2.06. The molecular formula is C16H13BrN2OS2. The van der Waals surface area contributed by atoms with Crippen LogP contribution in [0.2, 0.25) is 0 Å². The summed E-state index contributed by atoms with van der Waals surface area (Å²) in [6.45, 7) is 2.07. The third-order valence-corrected chi connectivity index (χ3v) is 5.61. The summed E-state index contributed by atoms with van der Waals surface area (Å²) >= 11 is 6.44. The van der Waals surface area contributed by atoms with Crippen LogP contribution in [-0.4, -0.2) is 9.97 Å². The van der Waals surface area contributed by atoms with Crippen LogP contribution in [0, 0.1) is 6.92 Å². The zero-order chi connectivity index (χ0) is 15.5. The smallest absolute Gasteiger partial charge is 0.266 e. The van der Waals surface area contributed by atoms with Gasteiger partial charge in [0.25, 0.3) is 5.56 Å².